The number of halogens is 1. The topological polar surface area (TPSA) is 32.3 Å². The molecule has 0 unspecified atom stereocenters. The predicted molar refractivity (Wildman–Crippen MR) is 91.7 cm³/mol. The fraction of sp³-hybridized carbons (Fsp3) is 0.278. The van der Waals surface area contributed by atoms with Crippen molar-refractivity contribution in [2.45, 2.75) is 19.3 Å². The molecule has 0 bridgehead atoms. The molecule has 0 spiro atoms. The molecule has 1 heterocycles. The average Bonchev–Trinajstić information content (AvgIpc) is 3.05. The molecule has 4 heteroatoms. The number of carbonyl (C=O) groups is 1. The maximum atomic E-state index is 12.2. The van der Waals surface area contributed by atoms with Gasteiger partial charge in [0.15, 0.2) is 0 Å². The smallest absolute Gasteiger partial charge is 0.228 e. The quantitative estimate of drug-likeness (QED) is 0.920. The van der Waals surface area contributed by atoms with Crippen LogP contribution in [0.15, 0.2) is 48.5 Å². The fourth-order valence-electron chi connectivity index (χ4n) is 2.76. The minimum absolute atomic E-state index is 0.0494. The Balaban J connectivity index is 1.71. The molecule has 22 heavy (non-hydrogen) atoms. The van der Waals surface area contributed by atoms with Gasteiger partial charge in [-0.1, -0.05) is 41.9 Å². The summed E-state index contributed by atoms with van der Waals surface area (Å²) >= 11 is 6.22. The maximum absolute atomic E-state index is 12.2. The summed E-state index contributed by atoms with van der Waals surface area (Å²) < 4.78 is 0. The first-order valence-electron chi connectivity index (χ1n) is 7.60. The van der Waals surface area contributed by atoms with Crippen LogP contribution in [0.4, 0.5) is 11.4 Å². The van der Waals surface area contributed by atoms with Crippen LogP contribution in [0.3, 0.4) is 0 Å². The second kappa shape index (κ2) is 6.84. The van der Waals surface area contributed by atoms with Gasteiger partial charge < -0.3 is 10.2 Å². The van der Waals surface area contributed by atoms with Gasteiger partial charge in [0.2, 0.25) is 5.91 Å². The van der Waals surface area contributed by atoms with Gasteiger partial charge in [0.05, 0.1) is 17.1 Å². The summed E-state index contributed by atoms with van der Waals surface area (Å²) in [5, 5.41) is 3.50. The van der Waals surface area contributed by atoms with E-state index in [1.807, 2.05) is 48.5 Å². The molecule has 1 N–H and O–H groups in total. The van der Waals surface area contributed by atoms with E-state index >= 15 is 0 Å². The Hall–Kier alpha value is -2.00. The van der Waals surface area contributed by atoms with Gasteiger partial charge in [0.1, 0.15) is 0 Å². The van der Waals surface area contributed by atoms with Crippen molar-refractivity contribution in [2.24, 2.45) is 0 Å². The van der Waals surface area contributed by atoms with Crippen LogP contribution in [-0.4, -0.2) is 19.0 Å². The molecule has 2 aromatic carbocycles. The van der Waals surface area contributed by atoms with Crippen LogP contribution in [-0.2, 0) is 11.2 Å². The Bertz CT molecular complexity index is 651. The normalized spacial score (nSPS) is 14.1. The zero-order valence-electron chi connectivity index (χ0n) is 12.4. The van der Waals surface area contributed by atoms with Crippen LogP contribution >= 0.6 is 11.6 Å². The van der Waals surface area contributed by atoms with E-state index in [0.29, 0.717) is 17.1 Å². The highest BCUT2D eigenvalue weighted by atomic mass is 35.5. The molecule has 0 radical (unpaired) electrons. The van der Waals surface area contributed by atoms with Crippen LogP contribution in [0, 0.1) is 0 Å². The van der Waals surface area contributed by atoms with E-state index in [2.05, 4.69) is 10.2 Å². The number of anilines is 2. The molecule has 0 aliphatic carbocycles. The zero-order valence-corrected chi connectivity index (χ0v) is 13.1. The van der Waals surface area contributed by atoms with Crippen molar-refractivity contribution in [3.05, 3.63) is 59.1 Å². The van der Waals surface area contributed by atoms with Crippen LogP contribution in [0.5, 0.6) is 0 Å². The standard InChI is InChI=1S/C18H19ClN2O/c19-16-9-8-15(21-10-4-5-11-21)13-17(16)20-18(22)12-14-6-2-1-3-7-14/h1-3,6-9,13H,4-5,10-12H2,(H,20,22). The molecular weight excluding hydrogens is 296 g/mol. The summed E-state index contributed by atoms with van der Waals surface area (Å²) in [5.74, 6) is -0.0494. The van der Waals surface area contributed by atoms with Crippen molar-refractivity contribution in [3.8, 4) is 0 Å². The van der Waals surface area contributed by atoms with Crippen LogP contribution < -0.4 is 10.2 Å². The molecule has 114 valence electrons. The molecular formula is C18H19ClN2O. The van der Waals surface area contributed by atoms with Crippen LogP contribution in [0.1, 0.15) is 18.4 Å². The summed E-state index contributed by atoms with van der Waals surface area (Å²) in [7, 11) is 0. The molecule has 1 aliphatic rings. The first kappa shape index (κ1) is 14.9. The largest absolute Gasteiger partial charge is 0.371 e. The van der Waals surface area contributed by atoms with Gasteiger partial charge in [-0.25, -0.2) is 0 Å². The van der Waals surface area contributed by atoms with Gasteiger partial charge >= 0.3 is 0 Å². The highest BCUT2D eigenvalue weighted by Gasteiger charge is 2.14. The molecule has 1 aliphatic heterocycles. The first-order valence-corrected chi connectivity index (χ1v) is 7.98. The lowest BCUT2D eigenvalue weighted by atomic mass is 10.1. The molecule has 1 amide bonds. The van der Waals surface area contributed by atoms with E-state index in [-0.39, 0.29) is 5.91 Å². The minimum Gasteiger partial charge on any atom is -0.371 e. The highest BCUT2D eigenvalue weighted by Crippen LogP contribution is 2.29. The number of nitrogens with one attached hydrogen (secondary N) is 1. The second-order valence-electron chi connectivity index (χ2n) is 5.57. The van der Waals surface area contributed by atoms with Gasteiger partial charge in [-0.05, 0) is 36.6 Å². The summed E-state index contributed by atoms with van der Waals surface area (Å²) in [4.78, 5) is 14.5. The number of carbonyl (C=O) groups excluding carboxylic acids is 1. The number of rotatable bonds is 4. The monoisotopic (exact) mass is 314 g/mol. The Morgan fingerprint density at radius 3 is 2.55 bits per heavy atom. The van der Waals surface area contributed by atoms with E-state index < -0.39 is 0 Å². The predicted octanol–water partition coefficient (Wildman–Crippen LogP) is 4.12. The Morgan fingerprint density at radius 1 is 1.09 bits per heavy atom. The van der Waals surface area contributed by atoms with Gasteiger partial charge in [-0.3, -0.25) is 4.79 Å². The van der Waals surface area contributed by atoms with Gasteiger partial charge in [-0.2, -0.15) is 0 Å². The maximum Gasteiger partial charge on any atom is 0.228 e. The Labute approximate surface area is 135 Å². The van der Waals surface area contributed by atoms with E-state index in [9.17, 15) is 4.79 Å². The third kappa shape index (κ3) is 3.60. The van der Waals surface area contributed by atoms with Crippen molar-refractivity contribution >= 4 is 28.9 Å². The molecule has 0 atom stereocenters. The molecule has 0 aromatic heterocycles. The third-order valence-electron chi connectivity index (χ3n) is 3.90. The van der Waals surface area contributed by atoms with Crippen LogP contribution in [0.25, 0.3) is 0 Å². The average molecular weight is 315 g/mol. The lowest BCUT2D eigenvalue weighted by Gasteiger charge is -2.19. The van der Waals surface area contributed by atoms with E-state index in [4.69, 9.17) is 11.6 Å². The van der Waals surface area contributed by atoms with E-state index in [1.54, 1.807) is 0 Å². The van der Waals surface area contributed by atoms with E-state index in [1.165, 1.54) is 12.8 Å². The highest BCUT2D eigenvalue weighted by molar-refractivity contribution is 6.33. The Morgan fingerprint density at radius 2 is 1.82 bits per heavy atom. The van der Waals surface area contributed by atoms with E-state index in [0.717, 1.165) is 24.3 Å². The number of nitrogens with zero attached hydrogens (tertiary/aromatic N) is 1. The summed E-state index contributed by atoms with van der Waals surface area (Å²) in [6, 6.07) is 15.5. The molecule has 3 nitrogen and oxygen atoms in total. The summed E-state index contributed by atoms with van der Waals surface area (Å²) in [6.07, 6.45) is 2.79. The lowest BCUT2D eigenvalue weighted by molar-refractivity contribution is -0.115. The van der Waals surface area contributed by atoms with Crippen molar-refractivity contribution < 1.29 is 4.79 Å². The third-order valence-corrected chi connectivity index (χ3v) is 4.23. The lowest BCUT2D eigenvalue weighted by Crippen LogP contribution is -2.19. The first-order chi connectivity index (χ1) is 10.7. The number of amides is 1. The summed E-state index contributed by atoms with van der Waals surface area (Å²) in [6.45, 7) is 2.14. The number of benzene rings is 2. The van der Waals surface area contributed by atoms with Crippen molar-refractivity contribution in [1.82, 2.24) is 0 Å². The molecule has 2 aromatic rings. The molecule has 1 saturated heterocycles. The van der Waals surface area contributed by atoms with Crippen molar-refractivity contribution in [1.29, 1.82) is 0 Å². The molecule has 1 fully saturated rings. The van der Waals surface area contributed by atoms with Crippen LogP contribution in [0.2, 0.25) is 5.02 Å². The zero-order chi connectivity index (χ0) is 15.4. The SMILES string of the molecule is O=C(Cc1ccccc1)Nc1cc(N2CCCC2)ccc1Cl. The van der Waals surface area contributed by atoms with Gasteiger partial charge in [0, 0.05) is 18.8 Å². The van der Waals surface area contributed by atoms with Gasteiger partial charge in [-0.15, -0.1) is 0 Å². The second-order valence-corrected chi connectivity index (χ2v) is 5.98. The van der Waals surface area contributed by atoms with Crippen molar-refractivity contribution in [3.63, 3.8) is 0 Å². The number of hydrogen-bond donors (Lipinski definition) is 1. The fourth-order valence-corrected chi connectivity index (χ4v) is 2.92. The van der Waals surface area contributed by atoms with Crippen molar-refractivity contribution in [2.75, 3.05) is 23.3 Å². The van der Waals surface area contributed by atoms with Gasteiger partial charge in [0.25, 0.3) is 0 Å². The minimum atomic E-state index is -0.0494. The molecule has 0 saturated carbocycles. The molecule has 3 rings (SSSR count). The summed E-state index contributed by atoms with van der Waals surface area (Å²) in [5.41, 5.74) is 2.80. The Kier molecular flexibility index (Phi) is 4.64. The number of hydrogen-bond acceptors (Lipinski definition) is 2.